The van der Waals surface area contributed by atoms with Gasteiger partial charge in [-0.25, -0.2) is 13.1 Å². The van der Waals surface area contributed by atoms with Crippen molar-refractivity contribution in [1.29, 1.82) is 0 Å². The first-order valence-electron chi connectivity index (χ1n) is 7.98. The van der Waals surface area contributed by atoms with Crippen molar-refractivity contribution < 1.29 is 22.7 Å². The number of methoxy groups -OCH3 is 2. The van der Waals surface area contributed by atoms with Crippen molar-refractivity contribution in [3.8, 4) is 11.5 Å². The topological polar surface area (TPSA) is 93.7 Å². The maximum atomic E-state index is 12.5. The van der Waals surface area contributed by atoms with Gasteiger partial charge in [0.15, 0.2) is 0 Å². The molecule has 0 atom stereocenters. The summed E-state index contributed by atoms with van der Waals surface area (Å²) in [6.45, 7) is 0.0601. The molecule has 0 fully saturated rings. The molecule has 2 aromatic carbocycles. The van der Waals surface area contributed by atoms with Gasteiger partial charge in [0.25, 0.3) is 0 Å². The van der Waals surface area contributed by atoms with Crippen molar-refractivity contribution in [2.24, 2.45) is 0 Å². The molecule has 0 spiro atoms. The van der Waals surface area contributed by atoms with E-state index < -0.39 is 15.9 Å². The molecule has 7 nitrogen and oxygen atoms in total. The molecule has 0 aliphatic rings. The monoisotopic (exact) mass is 378 g/mol. The first kappa shape index (κ1) is 19.7. The SMILES string of the molecule is COc1ccc(OC)c(S(=O)(=O)NCC(=O)NCCc2ccccc2)c1. The molecule has 0 bridgehead atoms. The molecule has 2 aromatic rings. The van der Waals surface area contributed by atoms with E-state index in [1.54, 1.807) is 6.07 Å². The second-order valence-corrected chi connectivity index (χ2v) is 7.16. The van der Waals surface area contributed by atoms with Crippen molar-refractivity contribution >= 4 is 15.9 Å². The lowest BCUT2D eigenvalue weighted by molar-refractivity contribution is -0.119. The van der Waals surface area contributed by atoms with Gasteiger partial charge in [0, 0.05) is 12.6 Å². The van der Waals surface area contributed by atoms with Crippen LogP contribution in [-0.2, 0) is 21.2 Å². The second kappa shape index (κ2) is 9.21. The molecule has 2 N–H and O–H groups in total. The maximum absolute atomic E-state index is 12.5. The molecular weight excluding hydrogens is 356 g/mol. The van der Waals surface area contributed by atoms with Crippen molar-refractivity contribution in [3.05, 3.63) is 54.1 Å². The normalized spacial score (nSPS) is 11.0. The molecule has 0 aliphatic carbocycles. The first-order chi connectivity index (χ1) is 12.5. The van der Waals surface area contributed by atoms with E-state index in [0.717, 1.165) is 5.56 Å². The van der Waals surface area contributed by atoms with Crippen LogP contribution in [0.25, 0.3) is 0 Å². The van der Waals surface area contributed by atoms with E-state index in [4.69, 9.17) is 9.47 Å². The molecule has 140 valence electrons. The van der Waals surface area contributed by atoms with Gasteiger partial charge in [0.2, 0.25) is 15.9 Å². The van der Waals surface area contributed by atoms with E-state index in [9.17, 15) is 13.2 Å². The molecule has 0 saturated carbocycles. The number of nitrogens with one attached hydrogen (secondary N) is 2. The van der Waals surface area contributed by atoms with Gasteiger partial charge in [-0.15, -0.1) is 0 Å². The molecule has 0 heterocycles. The largest absolute Gasteiger partial charge is 0.497 e. The number of hydrogen-bond donors (Lipinski definition) is 2. The Morgan fingerprint density at radius 1 is 1.04 bits per heavy atom. The standard InChI is InChI=1S/C18H22N2O5S/c1-24-15-8-9-16(25-2)17(12-15)26(22,23)20-13-18(21)19-11-10-14-6-4-3-5-7-14/h3-9,12,20H,10-11,13H2,1-2H3,(H,19,21). The van der Waals surface area contributed by atoms with Gasteiger partial charge in [-0.1, -0.05) is 30.3 Å². The number of sulfonamides is 1. The predicted molar refractivity (Wildman–Crippen MR) is 97.9 cm³/mol. The average molecular weight is 378 g/mol. The highest BCUT2D eigenvalue weighted by molar-refractivity contribution is 7.89. The summed E-state index contributed by atoms with van der Waals surface area (Å²) in [5, 5.41) is 2.68. The van der Waals surface area contributed by atoms with Crippen LogP contribution in [0, 0.1) is 0 Å². The van der Waals surface area contributed by atoms with Crippen LogP contribution in [0.15, 0.2) is 53.4 Å². The van der Waals surface area contributed by atoms with E-state index in [1.807, 2.05) is 30.3 Å². The molecule has 0 radical (unpaired) electrons. The van der Waals surface area contributed by atoms with Gasteiger partial charge in [-0.3, -0.25) is 4.79 Å². The van der Waals surface area contributed by atoms with Crippen molar-refractivity contribution in [3.63, 3.8) is 0 Å². The molecule has 1 amide bonds. The molecule has 2 rings (SSSR count). The Morgan fingerprint density at radius 2 is 1.77 bits per heavy atom. The van der Waals surface area contributed by atoms with Gasteiger partial charge >= 0.3 is 0 Å². The summed E-state index contributed by atoms with van der Waals surface area (Å²) in [7, 11) is -1.12. The quantitative estimate of drug-likeness (QED) is 0.687. The maximum Gasteiger partial charge on any atom is 0.244 e. The number of carbonyl (C=O) groups excluding carboxylic acids is 1. The van der Waals surface area contributed by atoms with Gasteiger partial charge in [-0.05, 0) is 24.1 Å². The highest BCUT2D eigenvalue weighted by atomic mass is 32.2. The molecule has 8 heteroatoms. The van der Waals surface area contributed by atoms with Gasteiger partial charge < -0.3 is 14.8 Å². The van der Waals surface area contributed by atoms with Crippen LogP contribution in [0.5, 0.6) is 11.5 Å². The van der Waals surface area contributed by atoms with Crippen molar-refractivity contribution in [2.45, 2.75) is 11.3 Å². The number of carbonyl (C=O) groups is 1. The molecule has 0 saturated heterocycles. The zero-order valence-corrected chi connectivity index (χ0v) is 15.5. The third-order valence-corrected chi connectivity index (χ3v) is 5.08. The van der Waals surface area contributed by atoms with Crippen LogP contribution in [-0.4, -0.2) is 41.6 Å². The Kier molecular flexibility index (Phi) is 6.99. The van der Waals surface area contributed by atoms with E-state index in [-0.39, 0.29) is 17.2 Å². The minimum Gasteiger partial charge on any atom is -0.497 e. The Hall–Kier alpha value is -2.58. The van der Waals surface area contributed by atoms with E-state index in [1.165, 1.54) is 26.4 Å². The van der Waals surface area contributed by atoms with E-state index in [2.05, 4.69) is 10.0 Å². The van der Waals surface area contributed by atoms with Crippen LogP contribution in [0.2, 0.25) is 0 Å². The smallest absolute Gasteiger partial charge is 0.244 e. The van der Waals surface area contributed by atoms with Crippen LogP contribution >= 0.6 is 0 Å². The lowest BCUT2D eigenvalue weighted by Gasteiger charge is -2.12. The number of rotatable bonds is 9. The summed E-state index contributed by atoms with van der Waals surface area (Å²) in [6.07, 6.45) is 0.670. The fourth-order valence-corrected chi connectivity index (χ4v) is 3.45. The first-order valence-corrected chi connectivity index (χ1v) is 9.47. The van der Waals surface area contributed by atoms with Gasteiger partial charge in [-0.2, -0.15) is 0 Å². The number of ether oxygens (including phenoxy) is 2. The Bertz CT molecular complexity index is 838. The molecular formula is C18H22N2O5S. The summed E-state index contributed by atoms with van der Waals surface area (Å²) >= 11 is 0. The summed E-state index contributed by atoms with van der Waals surface area (Å²) in [5.74, 6) is 0.132. The van der Waals surface area contributed by atoms with Crippen molar-refractivity contribution in [2.75, 3.05) is 27.3 Å². The minimum atomic E-state index is -3.92. The predicted octanol–water partition coefficient (Wildman–Crippen LogP) is 1.34. The highest BCUT2D eigenvalue weighted by Crippen LogP contribution is 2.27. The van der Waals surface area contributed by atoms with Gasteiger partial charge in [0.05, 0.1) is 20.8 Å². The van der Waals surface area contributed by atoms with E-state index >= 15 is 0 Å². The highest BCUT2D eigenvalue weighted by Gasteiger charge is 2.21. The average Bonchev–Trinajstić information content (AvgIpc) is 2.66. The number of benzene rings is 2. The van der Waals surface area contributed by atoms with Crippen LogP contribution < -0.4 is 19.5 Å². The number of amides is 1. The Morgan fingerprint density at radius 3 is 2.42 bits per heavy atom. The molecule has 0 aliphatic heterocycles. The molecule has 26 heavy (non-hydrogen) atoms. The summed E-state index contributed by atoms with van der Waals surface area (Å²) < 4.78 is 37.3. The summed E-state index contributed by atoms with van der Waals surface area (Å²) in [5.41, 5.74) is 1.09. The lowest BCUT2D eigenvalue weighted by atomic mass is 10.1. The zero-order chi connectivity index (χ0) is 19.0. The Balaban J connectivity index is 1.92. The summed E-state index contributed by atoms with van der Waals surface area (Å²) in [6, 6.07) is 14.1. The number of hydrogen-bond acceptors (Lipinski definition) is 5. The lowest BCUT2D eigenvalue weighted by Crippen LogP contribution is -2.37. The minimum absolute atomic E-state index is 0.0866. The Labute approximate surface area is 153 Å². The molecule has 0 unspecified atom stereocenters. The fraction of sp³-hybridized carbons (Fsp3) is 0.278. The third-order valence-electron chi connectivity index (χ3n) is 3.66. The summed E-state index contributed by atoms with van der Waals surface area (Å²) in [4.78, 5) is 11.8. The second-order valence-electron chi connectivity index (χ2n) is 5.43. The third kappa shape index (κ3) is 5.47. The van der Waals surface area contributed by atoms with Crippen LogP contribution in [0.4, 0.5) is 0 Å². The zero-order valence-electron chi connectivity index (χ0n) is 14.7. The van der Waals surface area contributed by atoms with E-state index in [0.29, 0.717) is 18.7 Å². The fourth-order valence-electron chi connectivity index (χ4n) is 2.29. The van der Waals surface area contributed by atoms with Crippen LogP contribution in [0.1, 0.15) is 5.56 Å². The molecule has 0 aromatic heterocycles. The van der Waals surface area contributed by atoms with Gasteiger partial charge in [0.1, 0.15) is 16.4 Å². The van der Waals surface area contributed by atoms with Crippen LogP contribution in [0.3, 0.4) is 0 Å². The van der Waals surface area contributed by atoms with Crippen molar-refractivity contribution in [1.82, 2.24) is 10.0 Å².